The highest BCUT2D eigenvalue weighted by Gasteiger charge is 2.24. The Morgan fingerprint density at radius 1 is 1.08 bits per heavy atom. The zero-order valence-electron chi connectivity index (χ0n) is 15.2. The van der Waals surface area contributed by atoms with Crippen LogP contribution >= 0.6 is 0 Å². The average molecular weight is 338 g/mol. The first-order valence-electron chi connectivity index (χ1n) is 8.19. The van der Waals surface area contributed by atoms with Crippen molar-refractivity contribution in [3.05, 3.63) is 68.6 Å². The molecule has 0 atom stereocenters. The molecule has 3 rings (SSSR count). The zero-order valence-corrected chi connectivity index (χ0v) is 15.2. The molecule has 0 saturated heterocycles. The van der Waals surface area contributed by atoms with E-state index >= 15 is 0 Å². The Balaban J connectivity index is 2.43. The molecule has 1 aromatic carbocycles. The molecule has 0 aliphatic heterocycles. The van der Waals surface area contributed by atoms with Crippen LogP contribution in [-0.2, 0) is 18.3 Å². The fourth-order valence-electron chi connectivity index (χ4n) is 3.40. The summed E-state index contributed by atoms with van der Waals surface area (Å²) in [6.07, 6.45) is 0. The molecular formula is C20H22N2O3. The van der Waals surface area contributed by atoms with Crippen molar-refractivity contribution in [3.63, 3.8) is 0 Å². The molecule has 5 heteroatoms. The van der Waals surface area contributed by atoms with Gasteiger partial charge in [-0.2, -0.15) is 0 Å². The smallest absolute Gasteiger partial charge is 0.343 e. The third kappa shape index (κ3) is 2.56. The lowest BCUT2D eigenvalue weighted by molar-refractivity contribution is 0.0597. The Labute approximate surface area is 146 Å². The van der Waals surface area contributed by atoms with Gasteiger partial charge in [-0.3, -0.25) is 4.79 Å². The maximum Gasteiger partial charge on any atom is 0.343 e. The van der Waals surface area contributed by atoms with Crippen LogP contribution in [0, 0.1) is 20.8 Å². The second-order valence-corrected chi connectivity index (χ2v) is 6.32. The highest BCUT2D eigenvalue weighted by Crippen LogP contribution is 2.25. The third-order valence-corrected chi connectivity index (χ3v) is 5.01. The number of hydrogen-bond acceptors (Lipinski definition) is 3. The van der Waals surface area contributed by atoms with Crippen LogP contribution in [0.2, 0.25) is 0 Å². The number of benzene rings is 1. The second kappa shape index (κ2) is 6.24. The van der Waals surface area contributed by atoms with Crippen LogP contribution in [0.15, 0.2) is 35.1 Å². The summed E-state index contributed by atoms with van der Waals surface area (Å²) >= 11 is 0. The Bertz CT molecular complexity index is 1030. The van der Waals surface area contributed by atoms with E-state index in [9.17, 15) is 9.59 Å². The summed E-state index contributed by atoms with van der Waals surface area (Å²) in [5.41, 5.74) is 4.31. The highest BCUT2D eigenvalue weighted by atomic mass is 16.5. The molecule has 0 radical (unpaired) electrons. The Hall–Kier alpha value is -2.82. The minimum absolute atomic E-state index is 0.111. The van der Waals surface area contributed by atoms with Gasteiger partial charge in [0.15, 0.2) is 0 Å². The van der Waals surface area contributed by atoms with E-state index in [1.165, 1.54) is 7.11 Å². The van der Waals surface area contributed by atoms with E-state index in [1.54, 1.807) is 6.92 Å². The van der Waals surface area contributed by atoms with Gasteiger partial charge in [-0.05, 0) is 31.9 Å². The fraction of sp³-hybridized carbons (Fsp3) is 0.300. The quantitative estimate of drug-likeness (QED) is 0.690. The molecule has 0 bridgehead atoms. The van der Waals surface area contributed by atoms with Crippen molar-refractivity contribution in [3.8, 4) is 0 Å². The first-order chi connectivity index (χ1) is 11.9. The zero-order chi connectivity index (χ0) is 18.3. The van der Waals surface area contributed by atoms with Gasteiger partial charge in [0.2, 0.25) is 5.43 Å². The maximum atomic E-state index is 13.0. The minimum Gasteiger partial charge on any atom is -0.465 e. The fourth-order valence-corrected chi connectivity index (χ4v) is 3.40. The largest absolute Gasteiger partial charge is 0.465 e. The number of fused-ring (bicyclic) bond motifs is 1. The van der Waals surface area contributed by atoms with Crippen molar-refractivity contribution in [1.29, 1.82) is 0 Å². The first kappa shape index (κ1) is 17.0. The average Bonchev–Trinajstić information content (AvgIpc) is 2.84. The number of esters is 1. The molecule has 0 aliphatic rings. The van der Waals surface area contributed by atoms with Gasteiger partial charge in [0, 0.05) is 25.0 Å². The van der Waals surface area contributed by atoms with Crippen LogP contribution in [0.4, 0.5) is 0 Å². The number of ether oxygens (including phenoxy) is 1. The van der Waals surface area contributed by atoms with Gasteiger partial charge in [0.05, 0.1) is 12.5 Å². The summed E-state index contributed by atoms with van der Waals surface area (Å²) in [6.45, 7) is 6.27. The summed E-state index contributed by atoms with van der Waals surface area (Å²) in [5.74, 6) is -0.591. The molecule has 130 valence electrons. The van der Waals surface area contributed by atoms with Gasteiger partial charge in [-0.1, -0.05) is 30.3 Å². The van der Waals surface area contributed by atoms with Gasteiger partial charge in [-0.25, -0.2) is 4.79 Å². The maximum absolute atomic E-state index is 13.0. The molecule has 25 heavy (non-hydrogen) atoms. The van der Waals surface area contributed by atoms with E-state index in [2.05, 4.69) is 0 Å². The number of carbonyl (C=O) groups is 1. The SMILES string of the molecule is COC(=O)c1c(C)n(Cc2ccccc2)c2c(c(C)c(C)n2C)c1=O. The molecule has 0 unspecified atom stereocenters. The summed E-state index contributed by atoms with van der Waals surface area (Å²) in [7, 11) is 3.25. The molecule has 3 aromatic rings. The Morgan fingerprint density at radius 2 is 1.72 bits per heavy atom. The molecule has 0 fully saturated rings. The molecule has 2 aromatic heterocycles. The Morgan fingerprint density at radius 3 is 2.32 bits per heavy atom. The van der Waals surface area contributed by atoms with Gasteiger partial charge in [0.1, 0.15) is 11.2 Å². The number of aromatic nitrogens is 2. The first-order valence-corrected chi connectivity index (χ1v) is 8.19. The predicted octanol–water partition coefficient (Wildman–Crippen LogP) is 3.10. The highest BCUT2D eigenvalue weighted by molar-refractivity contribution is 5.96. The van der Waals surface area contributed by atoms with Crippen molar-refractivity contribution in [1.82, 2.24) is 9.13 Å². The van der Waals surface area contributed by atoms with E-state index in [-0.39, 0.29) is 11.0 Å². The van der Waals surface area contributed by atoms with E-state index in [1.807, 2.05) is 60.4 Å². The van der Waals surface area contributed by atoms with E-state index in [4.69, 9.17) is 4.74 Å². The molecule has 0 amide bonds. The van der Waals surface area contributed by atoms with Crippen molar-refractivity contribution in [2.75, 3.05) is 7.11 Å². The summed E-state index contributed by atoms with van der Waals surface area (Å²) < 4.78 is 8.91. The number of pyridine rings is 1. The van der Waals surface area contributed by atoms with Gasteiger partial charge >= 0.3 is 5.97 Å². The lowest BCUT2D eigenvalue weighted by Gasteiger charge is -2.17. The van der Waals surface area contributed by atoms with Crippen molar-refractivity contribution < 1.29 is 9.53 Å². The molecule has 0 aliphatic carbocycles. The number of hydrogen-bond donors (Lipinski definition) is 0. The summed E-state index contributed by atoms with van der Waals surface area (Å²) in [6, 6.07) is 9.99. The van der Waals surface area contributed by atoms with Crippen LogP contribution < -0.4 is 5.43 Å². The standard InChI is InChI=1S/C20H22N2O3/c1-12-13(2)21(4)19-16(12)18(23)17(20(24)25-5)14(3)22(19)11-15-9-7-6-8-10-15/h6-10H,11H2,1-5H3. The summed E-state index contributed by atoms with van der Waals surface area (Å²) in [4.78, 5) is 25.3. The van der Waals surface area contributed by atoms with Crippen molar-refractivity contribution in [2.24, 2.45) is 7.05 Å². The van der Waals surface area contributed by atoms with Crippen LogP contribution in [-0.4, -0.2) is 22.2 Å². The number of carbonyl (C=O) groups excluding carboxylic acids is 1. The molecule has 2 heterocycles. The van der Waals surface area contributed by atoms with E-state index in [0.29, 0.717) is 17.6 Å². The van der Waals surface area contributed by atoms with Crippen LogP contribution in [0.3, 0.4) is 0 Å². The lowest BCUT2D eigenvalue weighted by Crippen LogP contribution is -2.24. The van der Waals surface area contributed by atoms with Crippen LogP contribution in [0.5, 0.6) is 0 Å². The predicted molar refractivity (Wildman–Crippen MR) is 98.3 cm³/mol. The van der Waals surface area contributed by atoms with Gasteiger partial charge in [-0.15, -0.1) is 0 Å². The Kier molecular flexibility index (Phi) is 4.25. The second-order valence-electron chi connectivity index (χ2n) is 6.32. The number of nitrogens with zero attached hydrogens (tertiary/aromatic N) is 2. The number of methoxy groups -OCH3 is 1. The lowest BCUT2D eigenvalue weighted by atomic mass is 10.1. The molecule has 5 nitrogen and oxygen atoms in total. The summed E-state index contributed by atoms with van der Waals surface area (Å²) in [5, 5.41) is 0.585. The number of aryl methyl sites for hydroxylation is 2. The van der Waals surface area contributed by atoms with Crippen LogP contribution in [0.1, 0.15) is 32.9 Å². The van der Waals surface area contributed by atoms with Crippen molar-refractivity contribution in [2.45, 2.75) is 27.3 Å². The van der Waals surface area contributed by atoms with Crippen LogP contribution in [0.25, 0.3) is 11.0 Å². The monoisotopic (exact) mass is 338 g/mol. The third-order valence-electron chi connectivity index (χ3n) is 5.01. The van der Waals surface area contributed by atoms with E-state index < -0.39 is 5.97 Å². The minimum atomic E-state index is -0.591. The molecule has 0 spiro atoms. The van der Waals surface area contributed by atoms with Gasteiger partial charge in [0.25, 0.3) is 0 Å². The van der Waals surface area contributed by atoms with Gasteiger partial charge < -0.3 is 13.9 Å². The molecular weight excluding hydrogens is 316 g/mol. The molecule has 0 N–H and O–H groups in total. The van der Waals surface area contributed by atoms with E-state index in [0.717, 1.165) is 22.5 Å². The normalized spacial score (nSPS) is 11.1. The molecule has 0 saturated carbocycles. The number of rotatable bonds is 3. The van der Waals surface area contributed by atoms with Crippen molar-refractivity contribution >= 4 is 17.0 Å². The topological polar surface area (TPSA) is 53.2 Å².